The molecule has 1 heterocycles. The van der Waals surface area contributed by atoms with Crippen LogP contribution in [-0.4, -0.2) is 16.2 Å². The van der Waals surface area contributed by atoms with E-state index in [0.29, 0.717) is 5.82 Å². The van der Waals surface area contributed by atoms with E-state index in [-0.39, 0.29) is 6.03 Å². The van der Waals surface area contributed by atoms with Crippen molar-refractivity contribution in [2.24, 2.45) is 0 Å². The van der Waals surface area contributed by atoms with Crippen LogP contribution in [0.4, 0.5) is 10.6 Å². The fraction of sp³-hybridized carbons (Fsp3) is 0.231. The molecule has 2 aromatic rings. The van der Waals surface area contributed by atoms with Gasteiger partial charge in [0, 0.05) is 6.07 Å². The Balaban J connectivity index is 2.02. The van der Waals surface area contributed by atoms with Crippen LogP contribution in [0.3, 0.4) is 0 Å². The lowest BCUT2D eigenvalue weighted by Gasteiger charge is -2.26. The third kappa shape index (κ3) is 2.88. The maximum absolute atomic E-state index is 11.8. The topological polar surface area (TPSA) is 69.8 Å². The van der Waals surface area contributed by atoms with Crippen LogP contribution in [-0.2, 0) is 5.54 Å². The van der Waals surface area contributed by atoms with E-state index >= 15 is 0 Å². The number of nitrogens with zero attached hydrogens (tertiary/aromatic N) is 1. The first-order valence-electron chi connectivity index (χ1n) is 5.72. The normalized spacial score (nSPS) is 11.0. The Hall–Kier alpha value is -2.30. The van der Waals surface area contributed by atoms with E-state index in [2.05, 4.69) is 20.8 Å². The van der Waals surface area contributed by atoms with E-state index in [1.54, 1.807) is 12.3 Å². The molecule has 3 N–H and O–H groups in total. The number of carbonyl (C=O) groups is 1. The molecule has 0 radical (unpaired) electrons. The predicted octanol–water partition coefficient (Wildman–Crippen LogP) is 2.47. The molecule has 0 spiro atoms. The minimum absolute atomic E-state index is 0.270. The van der Waals surface area contributed by atoms with Gasteiger partial charge in [0.25, 0.3) is 0 Å². The largest absolute Gasteiger partial charge is 0.329 e. The summed E-state index contributed by atoms with van der Waals surface area (Å²) in [7, 11) is 0. The summed E-state index contributed by atoms with van der Waals surface area (Å²) in [5.41, 5.74) is 0.607. The number of carbonyl (C=O) groups excluding carboxylic acids is 1. The summed E-state index contributed by atoms with van der Waals surface area (Å²) in [6, 6.07) is 11.2. The summed E-state index contributed by atoms with van der Waals surface area (Å²) in [5, 5.41) is 12.0. The second-order valence-electron chi connectivity index (χ2n) is 4.54. The SMILES string of the molecule is CC(C)(NC(=O)Nc1ccn[nH]1)c1ccccc1. The zero-order valence-electron chi connectivity index (χ0n) is 10.4. The molecule has 2 amide bonds. The van der Waals surface area contributed by atoms with E-state index in [9.17, 15) is 4.79 Å². The minimum Gasteiger partial charge on any atom is -0.329 e. The molecular formula is C13H16N4O. The minimum atomic E-state index is -0.439. The van der Waals surface area contributed by atoms with Crippen molar-refractivity contribution in [1.82, 2.24) is 15.5 Å². The molecule has 0 aliphatic heterocycles. The van der Waals surface area contributed by atoms with Crippen molar-refractivity contribution in [2.75, 3.05) is 5.32 Å². The standard InChI is InChI=1S/C13H16N4O/c1-13(2,10-6-4-3-5-7-10)16-12(18)15-11-8-9-14-17-11/h3-9H,1-2H3,(H3,14,15,16,17,18). The van der Waals surface area contributed by atoms with Crippen molar-refractivity contribution >= 4 is 11.8 Å². The van der Waals surface area contributed by atoms with E-state index in [4.69, 9.17) is 0 Å². The summed E-state index contributed by atoms with van der Waals surface area (Å²) in [6.45, 7) is 3.91. The number of anilines is 1. The van der Waals surface area contributed by atoms with Gasteiger partial charge in [-0.05, 0) is 19.4 Å². The lowest BCUT2D eigenvalue weighted by molar-refractivity contribution is 0.242. The molecule has 1 aromatic carbocycles. The van der Waals surface area contributed by atoms with E-state index < -0.39 is 5.54 Å². The van der Waals surface area contributed by atoms with Gasteiger partial charge in [-0.1, -0.05) is 30.3 Å². The summed E-state index contributed by atoms with van der Waals surface area (Å²) < 4.78 is 0. The van der Waals surface area contributed by atoms with Crippen molar-refractivity contribution in [3.8, 4) is 0 Å². The van der Waals surface area contributed by atoms with Crippen molar-refractivity contribution in [1.29, 1.82) is 0 Å². The Labute approximate surface area is 106 Å². The smallest absolute Gasteiger partial charge is 0.321 e. The Morgan fingerprint density at radius 3 is 2.56 bits per heavy atom. The average Bonchev–Trinajstić information content (AvgIpc) is 2.82. The van der Waals surface area contributed by atoms with Crippen LogP contribution in [0.1, 0.15) is 19.4 Å². The molecule has 0 unspecified atom stereocenters. The molecule has 18 heavy (non-hydrogen) atoms. The van der Waals surface area contributed by atoms with Crippen molar-refractivity contribution in [3.05, 3.63) is 48.2 Å². The summed E-state index contributed by atoms with van der Waals surface area (Å²) in [5.74, 6) is 0.566. The summed E-state index contributed by atoms with van der Waals surface area (Å²) >= 11 is 0. The number of aromatic amines is 1. The van der Waals surface area contributed by atoms with Crippen molar-refractivity contribution in [2.45, 2.75) is 19.4 Å². The molecular weight excluding hydrogens is 228 g/mol. The van der Waals surface area contributed by atoms with Crippen LogP contribution in [0.5, 0.6) is 0 Å². The zero-order valence-corrected chi connectivity index (χ0v) is 10.4. The van der Waals surface area contributed by atoms with Crippen LogP contribution in [0.25, 0.3) is 0 Å². The first kappa shape index (κ1) is 12.2. The van der Waals surface area contributed by atoms with E-state index in [0.717, 1.165) is 5.56 Å². The van der Waals surface area contributed by atoms with Gasteiger partial charge in [-0.2, -0.15) is 5.10 Å². The number of amides is 2. The zero-order chi connectivity index (χ0) is 13.0. The molecule has 0 saturated carbocycles. The van der Waals surface area contributed by atoms with Gasteiger partial charge < -0.3 is 5.32 Å². The molecule has 0 aliphatic carbocycles. The fourth-order valence-electron chi connectivity index (χ4n) is 1.69. The number of rotatable bonds is 3. The highest BCUT2D eigenvalue weighted by Crippen LogP contribution is 2.19. The van der Waals surface area contributed by atoms with E-state index in [1.807, 2.05) is 44.2 Å². The molecule has 0 atom stereocenters. The number of H-pyrrole nitrogens is 1. The van der Waals surface area contributed by atoms with Gasteiger partial charge in [-0.3, -0.25) is 10.4 Å². The van der Waals surface area contributed by atoms with Crippen molar-refractivity contribution < 1.29 is 4.79 Å². The lowest BCUT2D eigenvalue weighted by Crippen LogP contribution is -2.43. The van der Waals surface area contributed by atoms with Gasteiger partial charge in [0.1, 0.15) is 5.82 Å². The number of hydrogen-bond acceptors (Lipinski definition) is 2. The first-order valence-corrected chi connectivity index (χ1v) is 5.72. The number of benzene rings is 1. The van der Waals surface area contributed by atoms with Crippen LogP contribution in [0.2, 0.25) is 0 Å². The maximum Gasteiger partial charge on any atom is 0.321 e. The monoisotopic (exact) mass is 244 g/mol. The predicted molar refractivity (Wildman–Crippen MR) is 70.2 cm³/mol. The van der Waals surface area contributed by atoms with E-state index in [1.165, 1.54) is 0 Å². The summed E-state index contributed by atoms with van der Waals surface area (Å²) in [4.78, 5) is 11.8. The second-order valence-corrected chi connectivity index (χ2v) is 4.54. The van der Waals surface area contributed by atoms with Gasteiger partial charge in [-0.25, -0.2) is 4.79 Å². The van der Waals surface area contributed by atoms with Crippen LogP contribution in [0.15, 0.2) is 42.6 Å². The summed E-state index contributed by atoms with van der Waals surface area (Å²) in [6.07, 6.45) is 1.58. The number of nitrogens with one attached hydrogen (secondary N) is 3. The number of aromatic nitrogens is 2. The molecule has 0 aliphatic rings. The van der Waals surface area contributed by atoms with Gasteiger partial charge in [-0.15, -0.1) is 0 Å². The number of hydrogen-bond donors (Lipinski definition) is 3. The maximum atomic E-state index is 11.8. The Morgan fingerprint density at radius 2 is 1.94 bits per heavy atom. The van der Waals surface area contributed by atoms with Gasteiger partial charge in [0.15, 0.2) is 0 Å². The molecule has 1 aromatic heterocycles. The highest BCUT2D eigenvalue weighted by Gasteiger charge is 2.22. The highest BCUT2D eigenvalue weighted by molar-refractivity contribution is 5.88. The molecule has 5 heteroatoms. The molecule has 0 saturated heterocycles. The lowest BCUT2D eigenvalue weighted by atomic mass is 9.95. The molecule has 2 rings (SSSR count). The average molecular weight is 244 g/mol. The number of urea groups is 1. The van der Waals surface area contributed by atoms with Crippen LogP contribution >= 0.6 is 0 Å². The van der Waals surface area contributed by atoms with Gasteiger partial charge in [0.2, 0.25) is 0 Å². The Bertz CT molecular complexity index is 505. The molecule has 0 bridgehead atoms. The third-order valence-corrected chi connectivity index (χ3v) is 2.67. The first-order chi connectivity index (χ1) is 8.58. The molecule has 0 fully saturated rings. The third-order valence-electron chi connectivity index (χ3n) is 2.67. The van der Waals surface area contributed by atoms with Gasteiger partial charge in [0.05, 0.1) is 11.7 Å². The quantitative estimate of drug-likeness (QED) is 0.776. The van der Waals surface area contributed by atoms with Crippen LogP contribution < -0.4 is 10.6 Å². The Kier molecular flexibility index (Phi) is 3.32. The van der Waals surface area contributed by atoms with Crippen LogP contribution in [0, 0.1) is 0 Å². The molecule has 94 valence electrons. The Morgan fingerprint density at radius 1 is 1.22 bits per heavy atom. The molecule has 5 nitrogen and oxygen atoms in total. The second kappa shape index (κ2) is 4.91. The van der Waals surface area contributed by atoms with Gasteiger partial charge >= 0.3 is 6.03 Å². The fourth-order valence-corrected chi connectivity index (χ4v) is 1.69. The highest BCUT2D eigenvalue weighted by atomic mass is 16.2. The van der Waals surface area contributed by atoms with Crippen molar-refractivity contribution in [3.63, 3.8) is 0 Å².